The van der Waals surface area contributed by atoms with Gasteiger partial charge in [0.25, 0.3) is 0 Å². The molecule has 0 atom stereocenters. The van der Waals surface area contributed by atoms with Crippen LogP contribution < -0.4 is 0 Å². The first kappa shape index (κ1) is 10.9. The summed E-state index contributed by atoms with van der Waals surface area (Å²) >= 11 is 0. The van der Waals surface area contributed by atoms with E-state index in [0.29, 0.717) is 0 Å². The smallest absolute Gasteiger partial charge is 0.0466 e. The van der Waals surface area contributed by atoms with Gasteiger partial charge in [0.2, 0.25) is 0 Å². The molecule has 0 N–H and O–H groups in total. The minimum Gasteiger partial charge on any atom is -0.381 e. The summed E-state index contributed by atoms with van der Waals surface area (Å²) < 4.78 is 4.94. The average molecular weight is 158 g/mol. The lowest BCUT2D eigenvalue weighted by Gasteiger charge is -2.03. The molecule has 0 aromatic rings. The number of hydrogen-bond donors (Lipinski definition) is 0. The second-order valence-electron chi connectivity index (χ2n) is 2.98. The molecule has 0 aromatic carbocycles. The van der Waals surface area contributed by atoms with E-state index < -0.39 is 0 Å². The summed E-state index contributed by atoms with van der Waals surface area (Å²) in [5, 5.41) is 0. The van der Waals surface area contributed by atoms with Crippen LogP contribution in [0.4, 0.5) is 0 Å². The summed E-state index contributed by atoms with van der Waals surface area (Å²) in [4.78, 5) is 2.12. The van der Waals surface area contributed by atoms with Crippen LogP contribution in [-0.2, 0) is 4.74 Å². The largest absolute Gasteiger partial charge is 0.381 e. The van der Waals surface area contributed by atoms with Crippen LogP contribution in [-0.4, -0.2) is 38.8 Å². The Morgan fingerprint density at radius 2 is 1.82 bits per heavy atom. The zero-order valence-corrected chi connectivity index (χ0v) is 7.81. The minimum absolute atomic E-state index is 1.00. The molecular formula is C9H20NO. The fraction of sp³-hybridized carbons (Fsp3) is 0.889. The Bertz CT molecular complexity index is 62.4. The lowest BCUT2D eigenvalue weighted by Crippen LogP contribution is -2.11. The normalized spacial score (nSPS) is 16.4. The van der Waals surface area contributed by atoms with Crippen LogP contribution in [0.25, 0.3) is 0 Å². The van der Waals surface area contributed by atoms with Gasteiger partial charge in [-0.05, 0) is 39.9 Å². The molecule has 67 valence electrons. The topological polar surface area (TPSA) is 12.5 Å². The molecule has 1 radical (unpaired) electrons. The van der Waals surface area contributed by atoms with Crippen molar-refractivity contribution in [1.82, 2.24) is 4.90 Å². The van der Waals surface area contributed by atoms with E-state index in [1.165, 1.54) is 12.8 Å². The van der Waals surface area contributed by atoms with Crippen molar-refractivity contribution in [2.45, 2.75) is 19.3 Å². The monoisotopic (exact) mass is 158 g/mol. The highest BCUT2D eigenvalue weighted by molar-refractivity contribution is 4.43. The van der Waals surface area contributed by atoms with Crippen LogP contribution in [0.3, 0.4) is 0 Å². The van der Waals surface area contributed by atoms with Crippen molar-refractivity contribution in [2.24, 2.45) is 0 Å². The van der Waals surface area contributed by atoms with E-state index in [-0.39, 0.29) is 0 Å². The number of rotatable bonds is 2. The fourth-order valence-corrected chi connectivity index (χ4v) is 0.827. The summed E-state index contributed by atoms with van der Waals surface area (Å²) in [6.45, 7) is 6.78. The van der Waals surface area contributed by atoms with Gasteiger partial charge in [0, 0.05) is 13.2 Å². The average Bonchev–Trinajstić information content (AvgIpc) is 2.41. The van der Waals surface area contributed by atoms with E-state index in [0.717, 1.165) is 26.2 Å². The van der Waals surface area contributed by atoms with E-state index in [1.807, 2.05) is 14.1 Å². The van der Waals surface area contributed by atoms with Gasteiger partial charge >= 0.3 is 0 Å². The minimum atomic E-state index is 1.00. The Morgan fingerprint density at radius 1 is 1.27 bits per heavy atom. The van der Waals surface area contributed by atoms with Crippen molar-refractivity contribution in [3.8, 4) is 0 Å². The number of ether oxygens (including phenoxy) is 1. The highest BCUT2D eigenvalue weighted by Crippen LogP contribution is 1.98. The van der Waals surface area contributed by atoms with E-state index in [1.54, 1.807) is 0 Å². The van der Waals surface area contributed by atoms with Crippen LogP contribution in [0.5, 0.6) is 0 Å². The standard InChI is InChI=1S/C5H12N.C4H8O/c1-4-5-6(2)3;1-2-4-5-3-1/h1,4-5H2,2-3H3;1-4H2. The van der Waals surface area contributed by atoms with Crippen LogP contribution in [0, 0.1) is 6.92 Å². The van der Waals surface area contributed by atoms with Gasteiger partial charge in [0.1, 0.15) is 0 Å². The second kappa shape index (κ2) is 8.02. The first-order valence-corrected chi connectivity index (χ1v) is 4.29. The first-order valence-electron chi connectivity index (χ1n) is 4.29. The van der Waals surface area contributed by atoms with Crippen molar-refractivity contribution in [2.75, 3.05) is 33.9 Å². The van der Waals surface area contributed by atoms with Gasteiger partial charge < -0.3 is 9.64 Å². The molecule has 1 heterocycles. The molecule has 2 heteroatoms. The van der Waals surface area contributed by atoms with Crippen molar-refractivity contribution < 1.29 is 4.74 Å². The number of hydrogen-bond acceptors (Lipinski definition) is 2. The molecule has 0 spiro atoms. The van der Waals surface area contributed by atoms with Crippen molar-refractivity contribution in [3.63, 3.8) is 0 Å². The lowest BCUT2D eigenvalue weighted by molar-refractivity contribution is 0.198. The molecule has 0 saturated carbocycles. The van der Waals surface area contributed by atoms with Gasteiger partial charge in [-0.25, -0.2) is 0 Å². The molecule has 1 aliphatic heterocycles. The summed E-state index contributed by atoms with van der Waals surface area (Å²) in [5.41, 5.74) is 0. The van der Waals surface area contributed by atoms with Crippen molar-refractivity contribution >= 4 is 0 Å². The van der Waals surface area contributed by atoms with Gasteiger partial charge in [-0.1, -0.05) is 6.92 Å². The molecule has 11 heavy (non-hydrogen) atoms. The zero-order chi connectivity index (χ0) is 8.53. The molecule has 0 amide bonds. The Labute approximate surface area is 70.5 Å². The Kier molecular flexibility index (Phi) is 7.96. The molecule has 0 unspecified atom stereocenters. The van der Waals surface area contributed by atoms with E-state index >= 15 is 0 Å². The first-order chi connectivity index (χ1) is 5.27. The molecule has 0 aromatic heterocycles. The molecular weight excluding hydrogens is 138 g/mol. The molecule has 0 aliphatic carbocycles. The summed E-state index contributed by atoms with van der Waals surface area (Å²) in [7, 11) is 4.09. The van der Waals surface area contributed by atoms with E-state index in [9.17, 15) is 0 Å². The maximum absolute atomic E-state index is 4.94. The molecule has 1 fully saturated rings. The molecule has 0 bridgehead atoms. The van der Waals surface area contributed by atoms with E-state index in [2.05, 4.69) is 11.8 Å². The zero-order valence-electron chi connectivity index (χ0n) is 7.81. The third-order valence-corrected chi connectivity index (χ3v) is 1.43. The maximum Gasteiger partial charge on any atom is 0.0466 e. The van der Waals surface area contributed by atoms with E-state index in [4.69, 9.17) is 4.74 Å². The van der Waals surface area contributed by atoms with Crippen LogP contribution in [0.2, 0.25) is 0 Å². The summed E-state index contributed by atoms with van der Waals surface area (Å²) in [6.07, 6.45) is 3.56. The molecule has 1 aliphatic rings. The van der Waals surface area contributed by atoms with Crippen LogP contribution in [0.1, 0.15) is 19.3 Å². The van der Waals surface area contributed by atoms with Crippen LogP contribution in [0.15, 0.2) is 0 Å². The molecule has 1 saturated heterocycles. The predicted molar refractivity (Wildman–Crippen MR) is 48.6 cm³/mol. The van der Waals surface area contributed by atoms with Gasteiger partial charge in [0.15, 0.2) is 0 Å². The number of nitrogens with zero attached hydrogens (tertiary/aromatic N) is 1. The fourth-order valence-electron chi connectivity index (χ4n) is 0.827. The third-order valence-electron chi connectivity index (χ3n) is 1.43. The Hall–Kier alpha value is -0.0800. The highest BCUT2D eigenvalue weighted by Gasteiger charge is 1.94. The quantitative estimate of drug-likeness (QED) is 0.605. The molecule has 2 nitrogen and oxygen atoms in total. The third kappa shape index (κ3) is 9.92. The molecule has 1 rings (SSSR count). The highest BCUT2D eigenvalue weighted by atomic mass is 16.5. The van der Waals surface area contributed by atoms with Gasteiger partial charge in [-0.15, -0.1) is 0 Å². The summed E-state index contributed by atoms with van der Waals surface area (Å²) in [6, 6.07) is 0. The predicted octanol–water partition coefficient (Wildman–Crippen LogP) is 1.57. The SMILES string of the molecule is C1CCOC1.[CH2]CCN(C)C. The summed E-state index contributed by atoms with van der Waals surface area (Å²) in [5.74, 6) is 0. The van der Waals surface area contributed by atoms with Crippen molar-refractivity contribution in [3.05, 3.63) is 6.92 Å². The second-order valence-corrected chi connectivity index (χ2v) is 2.98. The Morgan fingerprint density at radius 3 is 1.91 bits per heavy atom. The van der Waals surface area contributed by atoms with Gasteiger partial charge in [0.05, 0.1) is 0 Å². The van der Waals surface area contributed by atoms with Crippen molar-refractivity contribution in [1.29, 1.82) is 0 Å². The van der Waals surface area contributed by atoms with Gasteiger partial charge in [-0.2, -0.15) is 0 Å². The lowest BCUT2D eigenvalue weighted by atomic mass is 10.4. The van der Waals surface area contributed by atoms with Gasteiger partial charge in [-0.3, -0.25) is 0 Å². The maximum atomic E-state index is 4.94. The Balaban J connectivity index is 0.000000183. The van der Waals surface area contributed by atoms with Crippen LogP contribution >= 0.6 is 0 Å².